The van der Waals surface area contributed by atoms with Crippen LogP contribution in [0.3, 0.4) is 0 Å². The van der Waals surface area contributed by atoms with E-state index in [0.29, 0.717) is 13.0 Å². The number of aliphatic carboxylic acids is 1. The maximum atomic E-state index is 12.1. The number of likely N-dealkylation sites (tertiary alicyclic amines) is 1. The van der Waals surface area contributed by atoms with Crippen LogP contribution in [0.15, 0.2) is 0 Å². The highest BCUT2D eigenvalue weighted by molar-refractivity contribution is 5.85. The molecule has 0 radical (unpaired) electrons. The van der Waals surface area contributed by atoms with Gasteiger partial charge in [-0.15, -0.1) is 0 Å². The van der Waals surface area contributed by atoms with Gasteiger partial charge in [0.05, 0.1) is 0 Å². The third-order valence-corrected chi connectivity index (χ3v) is 3.46. The van der Waals surface area contributed by atoms with Gasteiger partial charge >= 0.3 is 5.97 Å². The fourth-order valence-electron chi connectivity index (χ4n) is 2.00. The topological polar surface area (TPSA) is 57.6 Å². The molecule has 0 saturated carbocycles. The van der Waals surface area contributed by atoms with Crippen molar-refractivity contribution in [2.75, 3.05) is 6.54 Å². The fraction of sp³-hybridized carbons (Fsp3) is 0.833. The molecule has 0 bridgehead atoms. The van der Waals surface area contributed by atoms with Gasteiger partial charge < -0.3 is 10.0 Å². The summed E-state index contributed by atoms with van der Waals surface area (Å²) >= 11 is 0. The first kappa shape index (κ1) is 13.0. The molecule has 1 rings (SSSR count). The Bertz CT molecular complexity index is 275. The first-order chi connectivity index (χ1) is 7.45. The summed E-state index contributed by atoms with van der Waals surface area (Å²) in [6.45, 7) is 6.44. The van der Waals surface area contributed by atoms with E-state index < -0.39 is 12.0 Å². The predicted octanol–water partition coefficient (Wildman–Crippen LogP) is 1.74. The summed E-state index contributed by atoms with van der Waals surface area (Å²) in [6.07, 6.45) is 2.41. The molecule has 2 unspecified atom stereocenters. The van der Waals surface area contributed by atoms with Crippen molar-refractivity contribution in [2.24, 2.45) is 11.8 Å². The van der Waals surface area contributed by atoms with E-state index in [1.54, 1.807) is 4.90 Å². The van der Waals surface area contributed by atoms with Crippen LogP contribution in [0.4, 0.5) is 0 Å². The Morgan fingerprint density at radius 1 is 1.25 bits per heavy atom. The van der Waals surface area contributed by atoms with Crippen molar-refractivity contribution >= 4 is 11.9 Å². The molecule has 1 heterocycles. The summed E-state index contributed by atoms with van der Waals surface area (Å²) < 4.78 is 0. The SMILES string of the molecule is CC(C)C(C)C(=O)N1CCCCC1C(=O)O. The largest absolute Gasteiger partial charge is 0.480 e. The maximum Gasteiger partial charge on any atom is 0.326 e. The number of hydrogen-bond acceptors (Lipinski definition) is 2. The molecule has 1 amide bonds. The molecule has 92 valence electrons. The number of carboxylic acids is 1. The van der Waals surface area contributed by atoms with Crippen molar-refractivity contribution in [3.8, 4) is 0 Å². The third-order valence-electron chi connectivity index (χ3n) is 3.46. The zero-order valence-corrected chi connectivity index (χ0v) is 10.3. The number of amides is 1. The summed E-state index contributed by atoms with van der Waals surface area (Å²) in [5, 5.41) is 9.08. The molecule has 1 aliphatic heterocycles. The highest BCUT2D eigenvalue weighted by atomic mass is 16.4. The normalized spacial score (nSPS) is 23.2. The van der Waals surface area contributed by atoms with E-state index in [-0.39, 0.29) is 17.7 Å². The number of carboxylic acid groups (broad SMARTS) is 1. The van der Waals surface area contributed by atoms with Crippen LogP contribution in [0.25, 0.3) is 0 Å². The lowest BCUT2D eigenvalue weighted by molar-refractivity contribution is -0.154. The van der Waals surface area contributed by atoms with Gasteiger partial charge in [0.1, 0.15) is 6.04 Å². The van der Waals surface area contributed by atoms with Gasteiger partial charge in [-0.25, -0.2) is 4.79 Å². The van der Waals surface area contributed by atoms with Crippen LogP contribution in [0.1, 0.15) is 40.0 Å². The van der Waals surface area contributed by atoms with Crippen LogP contribution in [0.2, 0.25) is 0 Å². The molecule has 0 aliphatic carbocycles. The molecule has 1 saturated heterocycles. The average Bonchev–Trinajstić information content (AvgIpc) is 2.26. The zero-order chi connectivity index (χ0) is 12.3. The Balaban J connectivity index is 2.75. The Kier molecular flexibility index (Phi) is 4.33. The molecule has 2 atom stereocenters. The smallest absolute Gasteiger partial charge is 0.326 e. The molecular weight excluding hydrogens is 206 g/mol. The minimum atomic E-state index is -0.871. The summed E-state index contributed by atoms with van der Waals surface area (Å²) in [6, 6.07) is -0.609. The molecule has 4 heteroatoms. The second-order valence-corrected chi connectivity index (χ2v) is 4.91. The molecule has 1 aliphatic rings. The molecular formula is C12H21NO3. The lowest BCUT2D eigenvalue weighted by Crippen LogP contribution is -2.50. The summed E-state index contributed by atoms with van der Waals surface area (Å²) in [7, 11) is 0. The van der Waals surface area contributed by atoms with E-state index in [0.717, 1.165) is 12.8 Å². The van der Waals surface area contributed by atoms with Crippen molar-refractivity contribution in [1.82, 2.24) is 4.90 Å². The second-order valence-electron chi connectivity index (χ2n) is 4.91. The lowest BCUT2D eigenvalue weighted by Gasteiger charge is -2.35. The Morgan fingerprint density at radius 2 is 1.88 bits per heavy atom. The van der Waals surface area contributed by atoms with Gasteiger partial charge in [0.15, 0.2) is 0 Å². The maximum absolute atomic E-state index is 12.1. The van der Waals surface area contributed by atoms with Gasteiger partial charge in [-0.1, -0.05) is 20.8 Å². The first-order valence-electron chi connectivity index (χ1n) is 5.98. The van der Waals surface area contributed by atoms with E-state index >= 15 is 0 Å². The minimum Gasteiger partial charge on any atom is -0.480 e. The minimum absolute atomic E-state index is 0.0119. The molecule has 1 fully saturated rings. The van der Waals surface area contributed by atoms with Crippen LogP contribution in [-0.4, -0.2) is 34.5 Å². The molecule has 0 spiro atoms. The van der Waals surface area contributed by atoms with Gasteiger partial charge in [-0.3, -0.25) is 4.79 Å². The van der Waals surface area contributed by atoms with E-state index in [9.17, 15) is 9.59 Å². The van der Waals surface area contributed by atoms with Crippen molar-refractivity contribution in [1.29, 1.82) is 0 Å². The van der Waals surface area contributed by atoms with E-state index in [2.05, 4.69) is 0 Å². The van der Waals surface area contributed by atoms with E-state index in [1.165, 1.54) is 0 Å². The van der Waals surface area contributed by atoms with Gasteiger partial charge in [0.2, 0.25) is 5.91 Å². The van der Waals surface area contributed by atoms with Gasteiger partial charge in [-0.05, 0) is 25.2 Å². The predicted molar refractivity (Wildman–Crippen MR) is 61.0 cm³/mol. The van der Waals surface area contributed by atoms with Crippen LogP contribution in [0.5, 0.6) is 0 Å². The van der Waals surface area contributed by atoms with Crippen LogP contribution >= 0.6 is 0 Å². The van der Waals surface area contributed by atoms with E-state index in [1.807, 2.05) is 20.8 Å². The summed E-state index contributed by atoms with van der Waals surface area (Å²) in [4.78, 5) is 24.7. The number of carbonyl (C=O) groups excluding carboxylic acids is 1. The Labute approximate surface area is 96.6 Å². The quantitative estimate of drug-likeness (QED) is 0.799. The van der Waals surface area contributed by atoms with Crippen molar-refractivity contribution in [2.45, 2.75) is 46.1 Å². The third kappa shape index (κ3) is 2.74. The second kappa shape index (κ2) is 5.32. The number of piperidine rings is 1. The lowest BCUT2D eigenvalue weighted by atomic mass is 9.93. The summed E-state index contributed by atoms with van der Waals surface area (Å²) in [5.41, 5.74) is 0. The molecule has 0 aromatic rings. The summed E-state index contributed by atoms with van der Waals surface area (Å²) in [5.74, 6) is -0.727. The average molecular weight is 227 g/mol. The van der Waals surface area contributed by atoms with Gasteiger partial charge in [-0.2, -0.15) is 0 Å². The number of nitrogens with zero attached hydrogens (tertiary/aromatic N) is 1. The highest BCUT2D eigenvalue weighted by Gasteiger charge is 2.34. The number of hydrogen-bond donors (Lipinski definition) is 1. The molecule has 0 aromatic heterocycles. The molecule has 4 nitrogen and oxygen atoms in total. The van der Waals surface area contributed by atoms with Gasteiger partial charge in [0, 0.05) is 12.5 Å². The Hall–Kier alpha value is -1.06. The van der Waals surface area contributed by atoms with Crippen molar-refractivity contribution in [3.63, 3.8) is 0 Å². The molecule has 16 heavy (non-hydrogen) atoms. The molecule has 0 aromatic carbocycles. The monoisotopic (exact) mass is 227 g/mol. The van der Waals surface area contributed by atoms with Crippen molar-refractivity contribution in [3.05, 3.63) is 0 Å². The fourth-order valence-corrected chi connectivity index (χ4v) is 2.00. The van der Waals surface area contributed by atoms with Gasteiger partial charge in [0.25, 0.3) is 0 Å². The van der Waals surface area contributed by atoms with Crippen LogP contribution < -0.4 is 0 Å². The van der Waals surface area contributed by atoms with E-state index in [4.69, 9.17) is 5.11 Å². The highest BCUT2D eigenvalue weighted by Crippen LogP contribution is 2.22. The standard InChI is InChI=1S/C12H21NO3/c1-8(2)9(3)11(14)13-7-5-4-6-10(13)12(15)16/h8-10H,4-7H2,1-3H3,(H,15,16). The number of carbonyl (C=O) groups is 2. The van der Waals surface area contributed by atoms with Crippen LogP contribution in [0, 0.1) is 11.8 Å². The van der Waals surface area contributed by atoms with Crippen molar-refractivity contribution < 1.29 is 14.7 Å². The number of rotatable bonds is 3. The zero-order valence-electron chi connectivity index (χ0n) is 10.3. The molecule has 1 N–H and O–H groups in total. The first-order valence-corrected chi connectivity index (χ1v) is 5.98. The van der Waals surface area contributed by atoms with Crippen LogP contribution in [-0.2, 0) is 9.59 Å². The Morgan fingerprint density at radius 3 is 2.38 bits per heavy atom.